The van der Waals surface area contributed by atoms with Crippen LogP contribution >= 0.6 is 48.0 Å². The van der Waals surface area contributed by atoms with Crippen molar-refractivity contribution >= 4 is 76.6 Å². The van der Waals surface area contributed by atoms with Gasteiger partial charge in [-0.3, -0.25) is 4.79 Å². The van der Waals surface area contributed by atoms with Gasteiger partial charge >= 0.3 is 5.97 Å². The molecule has 0 radical (unpaired) electrons. The Morgan fingerprint density at radius 1 is 1.19 bits per heavy atom. The van der Waals surface area contributed by atoms with Crippen LogP contribution in [0.3, 0.4) is 0 Å². The number of alkyl halides is 2. The van der Waals surface area contributed by atoms with Crippen LogP contribution in [0.2, 0.25) is 0 Å². The van der Waals surface area contributed by atoms with Crippen molar-refractivity contribution in [1.29, 1.82) is 0 Å². The molecule has 0 spiro atoms. The molecule has 1 aromatic heterocycles. The summed E-state index contributed by atoms with van der Waals surface area (Å²) < 4.78 is 7.11. The van der Waals surface area contributed by atoms with E-state index in [1.807, 2.05) is 43.7 Å². The molecule has 36 heavy (non-hydrogen) atoms. The smallest absolute Gasteiger partial charge is 0.328 e. The number of ether oxygens (including phenoxy) is 1. The summed E-state index contributed by atoms with van der Waals surface area (Å²) in [6.07, 6.45) is 1.42. The lowest BCUT2D eigenvalue weighted by atomic mass is 10.0. The molecule has 0 saturated heterocycles. The monoisotopic (exact) mass is 585 g/mol. The number of aryl methyl sites for hydroxylation is 2. The fourth-order valence-electron chi connectivity index (χ4n) is 3.86. The first kappa shape index (κ1) is 34.6. The van der Waals surface area contributed by atoms with Gasteiger partial charge in [0.15, 0.2) is 0 Å². The van der Waals surface area contributed by atoms with Gasteiger partial charge in [-0.05, 0) is 43.9 Å². The highest BCUT2D eigenvalue weighted by Crippen LogP contribution is 2.23. The molecule has 1 aromatic carbocycles. The van der Waals surface area contributed by atoms with Crippen LogP contribution in [0.15, 0.2) is 18.2 Å². The van der Waals surface area contributed by atoms with E-state index in [-0.39, 0.29) is 43.2 Å². The third-order valence-corrected chi connectivity index (χ3v) is 5.98. The number of nitrogens with zero attached hydrogens (tertiary/aromatic N) is 3. The molecule has 0 aliphatic heterocycles. The second-order valence-electron chi connectivity index (χ2n) is 8.71. The van der Waals surface area contributed by atoms with Crippen LogP contribution in [-0.4, -0.2) is 65.0 Å². The Morgan fingerprint density at radius 2 is 1.83 bits per heavy atom. The Morgan fingerprint density at radius 3 is 2.39 bits per heavy atom. The van der Waals surface area contributed by atoms with Gasteiger partial charge in [-0.25, -0.2) is 9.78 Å². The zero-order chi connectivity index (χ0) is 25.3. The molecule has 0 aliphatic rings. The minimum atomic E-state index is -0.762. The Kier molecular flexibility index (Phi) is 16.4. The van der Waals surface area contributed by atoms with E-state index >= 15 is 0 Å². The molecule has 12 heteroatoms. The Bertz CT molecular complexity index is 951. The molecular weight excluding hydrogens is 548 g/mol. The minimum Gasteiger partial charge on any atom is -0.464 e. The molecule has 0 aliphatic carbocycles. The number of nitrogens with one attached hydrogen (secondary N) is 1. The summed E-state index contributed by atoms with van der Waals surface area (Å²) in [5.41, 5.74) is 9.03. The summed E-state index contributed by atoms with van der Waals surface area (Å²) >= 11 is 11.9. The van der Waals surface area contributed by atoms with Crippen LogP contribution in [0.4, 0.5) is 5.69 Å². The average molecular weight is 587 g/mol. The molecule has 2 rings (SSSR count). The molecule has 0 fully saturated rings. The number of benzene rings is 1. The summed E-state index contributed by atoms with van der Waals surface area (Å²) in [5, 5.41) is 2.76. The highest BCUT2D eigenvalue weighted by Gasteiger charge is 2.26. The van der Waals surface area contributed by atoms with Gasteiger partial charge in [0.25, 0.3) is 0 Å². The van der Waals surface area contributed by atoms with Crippen LogP contribution in [0.25, 0.3) is 11.0 Å². The molecule has 1 heterocycles. The van der Waals surface area contributed by atoms with E-state index in [0.29, 0.717) is 44.1 Å². The number of hydrogen-bond donors (Lipinski definition) is 2. The van der Waals surface area contributed by atoms with Gasteiger partial charge in [0, 0.05) is 44.0 Å². The zero-order valence-electron chi connectivity index (χ0n) is 21.3. The summed E-state index contributed by atoms with van der Waals surface area (Å²) in [5.74, 6) is 1.28. The fourth-order valence-corrected chi connectivity index (χ4v) is 4.26. The number of nitrogens with two attached hydrogens (primary N) is 1. The molecule has 206 valence electrons. The Balaban J connectivity index is 0.00000612. The number of carbonyl (C=O) groups excluding carboxylic acids is 2. The van der Waals surface area contributed by atoms with Crippen molar-refractivity contribution in [2.24, 2.45) is 18.7 Å². The van der Waals surface area contributed by atoms with E-state index < -0.39 is 18.1 Å². The van der Waals surface area contributed by atoms with Gasteiger partial charge in [0.2, 0.25) is 5.91 Å². The van der Waals surface area contributed by atoms with Gasteiger partial charge in [-0.15, -0.1) is 48.0 Å². The van der Waals surface area contributed by atoms with Gasteiger partial charge in [0.05, 0.1) is 23.7 Å². The zero-order valence-corrected chi connectivity index (χ0v) is 24.5. The second kappa shape index (κ2) is 17.1. The van der Waals surface area contributed by atoms with Crippen LogP contribution in [-0.2, 0) is 27.8 Å². The molecule has 8 nitrogen and oxygen atoms in total. The quantitative estimate of drug-likeness (QED) is 0.256. The van der Waals surface area contributed by atoms with Gasteiger partial charge in [-0.2, -0.15) is 0 Å². The number of imidazole rings is 1. The first-order valence-corrected chi connectivity index (χ1v) is 12.8. The van der Waals surface area contributed by atoms with Gasteiger partial charge < -0.3 is 25.3 Å². The maximum atomic E-state index is 12.7. The summed E-state index contributed by atoms with van der Waals surface area (Å²) in [6.45, 7) is 7.38. The van der Waals surface area contributed by atoms with Crippen LogP contribution < -0.4 is 16.0 Å². The number of aromatic nitrogens is 2. The van der Waals surface area contributed by atoms with E-state index in [9.17, 15) is 9.59 Å². The maximum absolute atomic E-state index is 12.7. The third kappa shape index (κ3) is 9.78. The fraction of sp³-hybridized carbons (Fsp3) is 0.625. The highest BCUT2D eigenvalue weighted by atomic mass is 35.5. The number of fused-ring (bicyclic) bond motifs is 1. The van der Waals surface area contributed by atoms with Crippen LogP contribution in [0, 0.1) is 5.92 Å². The van der Waals surface area contributed by atoms with E-state index in [1.165, 1.54) is 0 Å². The number of carbonyl (C=O) groups is 2. The first-order chi connectivity index (χ1) is 16.2. The number of rotatable bonds is 14. The lowest BCUT2D eigenvalue weighted by Crippen LogP contribution is -2.49. The first-order valence-electron chi connectivity index (χ1n) is 11.8. The molecule has 0 bridgehead atoms. The second-order valence-corrected chi connectivity index (χ2v) is 9.47. The number of amides is 1. The average Bonchev–Trinajstić information content (AvgIpc) is 3.11. The summed E-state index contributed by atoms with van der Waals surface area (Å²) in [6, 6.07) is 4.63. The number of hydrogen-bond acceptors (Lipinski definition) is 6. The van der Waals surface area contributed by atoms with Crippen LogP contribution in [0.1, 0.15) is 39.4 Å². The number of anilines is 1. The Hall–Kier alpha value is -1.45. The largest absolute Gasteiger partial charge is 0.464 e. The lowest BCUT2D eigenvalue weighted by molar-refractivity contribution is -0.148. The predicted octanol–water partition coefficient (Wildman–Crippen LogP) is 4.05. The van der Waals surface area contributed by atoms with Crippen molar-refractivity contribution < 1.29 is 14.3 Å². The van der Waals surface area contributed by atoms with Crippen molar-refractivity contribution in [3.05, 3.63) is 24.0 Å². The van der Waals surface area contributed by atoms with Gasteiger partial charge in [0.1, 0.15) is 11.9 Å². The van der Waals surface area contributed by atoms with E-state index in [4.69, 9.17) is 38.7 Å². The summed E-state index contributed by atoms with van der Waals surface area (Å²) in [4.78, 5) is 31.8. The van der Waals surface area contributed by atoms with Crippen molar-refractivity contribution in [2.75, 3.05) is 36.4 Å². The number of halogens is 4. The van der Waals surface area contributed by atoms with Crippen molar-refractivity contribution in [2.45, 2.75) is 52.1 Å². The normalized spacial score (nSPS) is 12.4. The van der Waals surface area contributed by atoms with Crippen molar-refractivity contribution in [1.82, 2.24) is 14.9 Å². The van der Waals surface area contributed by atoms with Gasteiger partial charge in [-0.1, -0.05) is 13.8 Å². The van der Waals surface area contributed by atoms with E-state index in [2.05, 4.69) is 10.2 Å². The van der Waals surface area contributed by atoms with Crippen LogP contribution in [0.5, 0.6) is 0 Å². The standard InChI is InChI=1S/C24H37Cl2N5O3.2ClH/c1-5-34-24(33)20(14-16(2)3)29-23(32)18(27)7-9-22-28-19-15-17(6-8-21(19)30(22)4)31(12-10-25)13-11-26;;/h6,8,15-16,18,20H,5,7,9-14,27H2,1-4H3,(H,29,32);2*1H/t18-,20+;;/m1../s1. The third-order valence-electron chi connectivity index (χ3n) is 5.64. The van der Waals surface area contributed by atoms with Crippen molar-refractivity contribution in [3.8, 4) is 0 Å². The van der Waals surface area contributed by atoms with Crippen molar-refractivity contribution in [3.63, 3.8) is 0 Å². The predicted molar refractivity (Wildman–Crippen MR) is 153 cm³/mol. The molecule has 1 amide bonds. The molecule has 3 N–H and O–H groups in total. The topological polar surface area (TPSA) is 102 Å². The van der Waals surface area contributed by atoms with E-state index in [1.54, 1.807) is 6.92 Å². The molecule has 2 aromatic rings. The molecule has 2 atom stereocenters. The summed E-state index contributed by atoms with van der Waals surface area (Å²) in [7, 11) is 1.95. The maximum Gasteiger partial charge on any atom is 0.328 e. The SMILES string of the molecule is CCOC(=O)[C@H](CC(C)C)NC(=O)[C@H](N)CCc1nc2cc(N(CCCl)CCCl)ccc2n1C.Cl.Cl. The molecule has 0 saturated carbocycles. The highest BCUT2D eigenvalue weighted by molar-refractivity contribution is 6.18. The van der Waals surface area contributed by atoms with E-state index in [0.717, 1.165) is 22.5 Å². The molecular formula is C24H39Cl4N5O3. The Labute approximate surface area is 236 Å². The molecule has 0 unspecified atom stereocenters. The minimum absolute atomic E-state index is 0. The lowest BCUT2D eigenvalue weighted by Gasteiger charge is -2.22. The number of esters is 1.